The Kier molecular flexibility index (Phi) is 3.62. The number of hydrogen-bond donors (Lipinski definition) is 1. The Hall–Kier alpha value is -1.97. The van der Waals surface area contributed by atoms with Crippen molar-refractivity contribution in [1.29, 1.82) is 0 Å². The Morgan fingerprint density at radius 1 is 0.952 bits per heavy atom. The number of halogens is 3. The number of nitrogens with one attached hydrogen (secondary N) is 1. The number of aryl methyl sites for hydroxylation is 2. The zero-order valence-corrected chi connectivity index (χ0v) is 11.7. The molecule has 0 bridgehead atoms. The van der Waals surface area contributed by atoms with Gasteiger partial charge in [0.2, 0.25) is 0 Å². The molecular weight excluding hydrogens is 275 g/mol. The summed E-state index contributed by atoms with van der Waals surface area (Å²) in [5, 5.41) is 3.01. The summed E-state index contributed by atoms with van der Waals surface area (Å²) in [4.78, 5) is 0. The molecule has 4 heteroatoms. The van der Waals surface area contributed by atoms with Crippen molar-refractivity contribution in [3.05, 3.63) is 64.5 Å². The number of rotatable bonds is 3. The quantitative estimate of drug-likeness (QED) is 0.803. The van der Waals surface area contributed by atoms with E-state index in [9.17, 15) is 13.2 Å². The summed E-state index contributed by atoms with van der Waals surface area (Å²) in [6.45, 7) is 1.91. The number of benzene rings is 2. The summed E-state index contributed by atoms with van der Waals surface area (Å²) in [6.07, 6.45) is 3.37. The van der Waals surface area contributed by atoms with Gasteiger partial charge in [-0.15, -0.1) is 0 Å². The first kappa shape index (κ1) is 14.0. The van der Waals surface area contributed by atoms with Gasteiger partial charge in [-0.2, -0.15) is 0 Å². The molecule has 0 amide bonds. The molecule has 0 heterocycles. The summed E-state index contributed by atoms with van der Waals surface area (Å²) >= 11 is 0. The summed E-state index contributed by atoms with van der Waals surface area (Å²) in [6, 6.07) is 8.11. The highest BCUT2D eigenvalue weighted by molar-refractivity contribution is 5.47. The lowest BCUT2D eigenvalue weighted by atomic mass is 10.0. The average Bonchev–Trinajstić information content (AvgIpc) is 2.91. The highest BCUT2D eigenvalue weighted by Crippen LogP contribution is 2.27. The molecule has 1 atom stereocenters. The fraction of sp³-hybridized carbons (Fsp3) is 0.294. The monoisotopic (exact) mass is 291 g/mol. The average molecular weight is 291 g/mol. The molecular formula is C17H16F3N. The fourth-order valence-corrected chi connectivity index (χ4v) is 2.83. The van der Waals surface area contributed by atoms with Crippen LogP contribution in [0.4, 0.5) is 18.9 Å². The van der Waals surface area contributed by atoms with Crippen LogP contribution < -0.4 is 5.32 Å². The molecule has 2 aromatic rings. The topological polar surface area (TPSA) is 12.0 Å². The first-order valence-electron chi connectivity index (χ1n) is 7.07. The first-order valence-corrected chi connectivity index (χ1v) is 7.07. The lowest BCUT2D eigenvalue weighted by Crippen LogP contribution is -2.08. The molecule has 2 aromatic carbocycles. The van der Waals surface area contributed by atoms with Crippen molar-refractivity contribution in [2.45, 2.75) is 32.2 Å². The maximum absolute atomic E-state index is 13.2. The highest BCUT2D eigenvalue weighted by atomic mass is 19.2. The van der Waals surface area contributed by atoms with Crippen molar-refractivity contribution in [2.75, 3.05) is 5.32 Å². The minimum Gasteiger partial charge on any atom is -0.378 e. The van der Waals surface area contributed by atoms with E-state index < -0.39 is 17.5 Å². The highest BCUT2D eigenvalue weighted by Gasteiger charge is 2.15. The van der Waals surface area contributed by atoms with E-state index in [0.717, 1.165) is 30.5 Å². The van der Waals surface area contributed by atoms with E-state index in [4.69, 9.17) is 0 Å². The van der Waals surface area contributed by atoms with Crippen molar-refractivity contribution in [3.8, 4) is 0 Å². The van der Waals surface area contributed by atoms with Crippen LogP contribution in [0.2, 0.25) is 0 Å². The molecule has 0 fully saturated rings. The van der Waals surface area contributed by atoms with Crippen molar-refractivity contribution in [3.63, 3.8) is 0 Å². The van der Waals surface area contributed by atoms with Crippen LogP contribution in [0.15, 0.2) is 30.3 Å². The van der Waals surface area contributed by atoms with Crippen LogP contribution in [0.5, 0.6) is 0 Å². The number of anilines is 1. The second-order valence-electron chi connectivity index (χ2n) is 5.50. The third-order valence-corrected chi connectivity index (χ3v) is 3.99. The van der Waals surface area contributed by atoms with Gasteiger partial charge in [-0.05, 0) is 42.9 Å². The first-order chi connectivity index (χ1) is 10.0. The number of fused-ring (bicyclic) bond motifs is 1. The van der Waals surface area contributed by atoms with Crippen molar-refractivity contribution in [2.24, 2.45) is 0 Å². The molecule has 1 nitrogen and oxygen atoms in total. The van der Waals surface area contributed by atoms with Gasteiger partial charge in [0, 0.05) is 23.9 Å². The van der Waals surface area contributed by atoms with E-state index in [1.807, 2.05) is 13.0 Å². The normalized spacial score (nSPS) is 14.9. The fourth-order valence-electron chi connectivity index (χ4n) is 2.83. The molecule has 1 aliphatic rings. The molecule has 0 saturated heterocycles. The molecule has 3 rings (SSSR count). The molecule has 0 radical (unpaired) electrons. The van der Waals surface area contributed by atoms with E-state index in [1.54, 1.807) is 0 Å². The molecule has 0 saturated carbocycles. The molecule has 1 N–H and O–H groups in total. The van der Waals surface area contributed by atoms with Gasteiger partial charge in [0.05, 0.1) is 0 Å². The molecule has 0 spiro atoms. The summed E-state index contributed by atoms with van der Waals surface area (Å²) in [5.41, 5.74) is 4.02. The largest absolute Gasteiger partial charge is 0.378 e. The lowest BCUT2D eigenvalue weighted by Gasteiger charge is -2.17. The lowest BCUT2D eigenvalue weighted by molar-refractivity contribution is 0.447. The second kappa shape index (κ2) is 5.43. The maximum Gasteiger partial charge on any atom is 0.194 e. The van der Waals surface area contributed by atoms with Crippen LogP contribution in [0, 0.1) is 17.5 Å². The second-order valence-corrected chi connectivity index (χ2v) is 5.50. The van der Waals surface area contributed by atoms with E-state index in [-0.39, 0.29) is 11.7 Å². The van der Waals surface area contributed by atoms with Crippen molar-refractivity contribution < 1.29 is 13.2 Å². The van der Waals surface area contributed by atoms with Gasteiger partial charge < -0.3 is 5.32 Å². The Bertz CT molecular complexity index is 659. The minimum atomic E-state index is -1.44. The summed E-state index contributed by atoms with van der Waals surface area (Å²) < 4.78 is 39.4. The SMILES string of the molecule is CC(Nc1cc(F)c(F)c(F)c1)c1ccc2c(c1)CCC2. The van der Waals surface area contributed by atoms with E-state index in [1.165, 1.54) is 17.5 Å². The van der Waals surface area contributed by atoms with Gasteiger partial charge in [0.1, 0.15) is 0 Å². The molecule has 0 aliphatic heterocycles. The molecule has 1 unspecified atom stereocenters. The predicted octanol–water partition coefficient (Wildman–Crippen LogP) is 4.77. The van der Waals surface area contributed by atoms with Crippen LogP contribution >= 0.6 is 0 Å². The van der Waals surface area contributed by atoms with Crippen LogP contribution in [-0.4, -0.2) is 0 Å². The Morgan fingerprint density at radius 2 is 1.62 bits per heavy atom. The summed E-state index contributed by atoms with van der Waals surface area (Å²) in [5.74, 6) is -3.80. The molecule has 1 aliphatic carbocycles. The summed E-state index contributed by atoms with van der Waals surface area (Å²) in [7, 11) is 0. The number of hydrogen-bond acceptors (Lipinski definition) is 1. The van der Waals surface area contributed by atoms with E-state index >= 15 is 0 Å². The molecule has 110 valence electrons. The van der Waals surface area contributed by atoms with Crippen LogP contribution in [0.3, 0.4) is 0 Å². The van der Waals surface area contributed by atoms with E-state index in [0.29, 0.717) is 0 Å². The Labute approximate surface area is 121 Å². The van der Waals surface area contributed by atoms with Gasteiger partial charge in [-0.25, -0.2) is 13.2 Å². The predicted molar refractivity (Wildman–Crippen MR) is 76.8 cm³/mol. The van der Waals surface area contributed by atoms with Gasteiger partial charge in [-0.3, -0.25) is 0 Å². The third kappa shape index (κ3) is 2.75. The van der Waals surface area contributed by atoms with Crippen LogP contribution in [-0.2, 0) is 12.8 Å². The molecule has 0 aromatic heterocycles. The van der Waals surface area contributed by atoms with Crippen LogP contribution in [0.1, 0.15) is 36.1 Å². The third-order valence-electron chi connectivity index (χ3n) is 3.99. The standard InChI is InChI=1S/C17H16F3N/c1-10(12-6-5-11-3-2-4-13(11)7-12)21-14-8-15(18)17(20)16(19)9-14/h5-10,21H,2-4H2,1H3. The van der Waals surface area contributed by atoms with E-state index in [2.05, 4.69) is 17.4 Å². The van der Waals surface area contributed by atoms with Gasteiger partial charge in [-0.1, -0.05) is 18.2 Å². The molecule has 21 heavy (non-hydrogen) atoms. The zero-order chi connectivity index (χ0) is 15.0. The van der Waals surface area contributed by atoms with Gasteiger partial charge in [0.25, 0.3) is 0 Å². The van der Waals surface area contributed by atoms with Crippen molar-refractivity contribution >= 4 is 5.69 Å². The minimum absolute atomic E-state index is 0.111. The van der Waals surface area contributed by atoms with Crippen LogP contribution in [0.25, 0.3) is 0 Å². The van der Waals surface area contributed by atoms with Gasteiger partial charge >= 0.3 is 0 Å². The Morgan fingerprint density at radius 3 is 2.33 bits per heavy atom. The Balaban J connectivity index is 1.81. The zero-order valence-electron chi connectivity index (χ0n) is 11.7. The van der Waals surface area contributed by atoms with Gasteiger partial charge in [0.15, 0.2) is 17.5 Å². The smallest absolute Gasteiger partial charge is 0.194 e. The van der Waals surface area contributed by atoms with Crippen molar-refractivity contribution in [1.82, 2.24) is 0 Å². The maximum atomic E-state index is 13.2.